The first kappa shape index (κ1) is 31.8. The predicted molar refractivity (Wildman–Crippen MR) is 164 cm³/mol. The van der Waals surface area contributed by atoms with E-state index in [-0.39, 0.29) is 39.1 Å². The molecule has 3 aromatic carbocycles. The van der Waals surface area contributed by atoms with Crippen molar-refractivity contribution in [2.45, 2.75) is 69.5 Å². The van der Waals surface area contributed by atoms with Gasteiger partial charge in [-0.25, -0.2) is 12.8 Å². The van der Waals surface area contributed by atoms with E-state index >= 15 is 0 Å². The highest BCUT2D eigenvalue weighted by Crippen LogP contribution is 2.33. The molecule has 1 atom stereocenters. The van der Waals surface area contributed by atoms with Gasteiger partial charge in [0.15, 0.2) is 0 Å². The van der Waals surface area contributed by atoms with Gasteiger partial charge in [0, 0.05) is 17.6 Å². The number of halogens is 3. The van der Waals surface area contributed by atoms with Crippen LogP contribution < -0.4 is 9.62 Å². The second-order valence-electron chi connectivity index (χ2n) is 10.6. The number of nitrogens with one attached hydrogen (secondary N) is 1. The van der Waals surface area contributed by atoms with E-state index in [0.717, 1.165) is 42.0 Å². The number of carbonyl (C=O) groups excluding carboxylic acids is 2. The molecule has 3 aromatic rings. The molecule has 0 bridgehead atoms. The van der Waals surface area contributed by atoms with Gasteiger partial charge in [-0.1, -0.05) is 72.3 Å². The van der Waals surface area contributed by atoms with Crippen molar-refractivity contribution in [2.75, 3.05) is 10.8 Å². The van der Waals surface area contributed by atoms with Crippen LogP contribution in [-0.4, -0.2) is 43.8 Å². The Morgan fingerprint density at radius 3 is 2.26 bits per heavy atom. The normalized spacial score (nSPS) is 14.7. The summed E-state index contributed by atoms with van der Waals surface area (Å²) >= 11 is 12.7. The fourth-order valence-electron chi connectivity index (χ4n) is 4.97. The van der Waals surface area contributed by atoms with Crippen LogP contribution in [0.2, 0.25) is 10.0 Å². The maximum atomic E-state index is 14.1. The summed E-state index contributed by atoms with van der Waals surface area (Å²) in [5, 5.41) is 3.36. The van der Waals surface area contributed by atoms with E-state index in [1.54, 1.807) is 19.1 Å². The number of sulfonamides is 1. The lowest BCUT2D eigenvalue weighted by Crippen LogP contribution is -2.53. The third-order valence-electron chi connectivity index (χ3n) is 7.45. The molecule has 2 amide bonds. The Kier molecular flexibility index (Phi) is 10.5. The number of benzene rings is 3. The zero-order valence-corrected chi connectivity index (χ0v) is 25.9. The lowest BCUT2D eigenvalue weighted by atomic mass is 9.95. The van der Waals surface area contributed by atoms with Crippen LogP contribution in [0.4, 0.5) is 10.1 Å². The first-order valence-electron chi connectivity index (χ1n) is 13.8. The molecule has 1 saturated carbocycles. The van der Waals surface area contributed by atoms with Gasteiger partial charge in [-0.2, -0.15) is 0 Å². The Morgan fingerprint density at radius 1 is 0.976 bits per heavy atom. The second kappa shape index (κ2) is 13.9. The summed E-state index contributed by atoms with van der Waals surface area (Å²) in [6.07, 6.45) is 4.88. The molecule has 0 spiro atoms. The average molecular weight is 635 g/mol. The highest BCUT2D eigenvalue weighted by atomic mass is 35.5. The van der Waals surface area contributed by atoms with E-state index in [4.69, 9.17) is 23.2 Å². The zero-order chi connectivity index (χ0) is 30.4. The molecule has 1 fully saturated rings. The Morgan fingerprint density at radius 2 is 1.62 bits per heavy atom. The molecule has 0 saturated heterocycles. The molecular formula is C31H34Cl2FN3O4S. The largest absolute Gasteiger partial charge is 0.352 e. The quantitative estimate of drug-likeness (QED) is 0.276. The Labute approximate surface area is 256 Å². The lowest BCUT2D eigenvalue weighted by Gasteiger charge is -2.33. The maximum Gasteiger partial charge on any atom is 0.264 e. The topological polar surface area (TPSA) is 86.8 Å². The van der Waals surface area contributed by atoms with Crippen LogP contribution in [0.3, 0.4) is 0 Å². The fraction of sp³-hybridized carbons (Fsp3) is 0.355. The van der Waals surface area contributed by atoms with Crippen LogP contribution in [0, 0.1) is 12.7 Å². The molecule has 224 valence electrons. The van der Waals surface area contributed by atoms with Gasteiger partial charge in [0.2, 0.25) is 11.8 Å². The van der Waals surface area contributed by atoms with Crippen LogP contribution in [-0.2, 0) is 26.2 Å². The summed E-state index contributed by atoms with van der Waals surface area (Å²) in [6, 6.07) is 15.2. The number of hydrogen-bond acceptors (Lipinski definition) is 4. The summed E-state index contributed by atoms with van der Waals surface area (Å²) in [4.78, 5) is 28.7. The van der Waals surface area contributed by atoms with E-state index in [2.05, 4.69) is 5.32 Å². The van der Waals surface area contributed by atoms with E-state index in [0.29, 0.717) is 5.56 Å². The van der Waals surface area contributed by atoms with Crippen LogP contribution in [0.25, 0.3) is 0 Å². The lowest BCUT2D eigenvalue weighted by molar-refractivity contribution is -0.139. The predicted octanol–water partition coefficient (Wildman–Crippen LogP) is 6.50. The third kappa shape index (κ3) is 7.82. The molecule has 11 heteroatoms. The molecule has 0 unspecified atom stereocenters. The van der Waals surface area contributed by atoms with Crippen molar-refractivity contribution in [3.05, 3.63) is 93.7 Å². The number of anilines is 1. The summed E-state index contributed by atoms with van der Waals surface area (Å²) in [5.74, 6) is -1.42. The van der Waals surface area contributed by atoms with Gasteiger partial charge in [0.25, 0.3) is 10.0 Å². The number of aryl methyl sites for hydroxylation is 1. The van der Waals surface area contributed by atoms with Crippen molar-refractivity contribution in [3.8, 4) is 0 Å². The molecule has 0 aromatic heterocycles. The molecule has 0 aliphatic heterocycles. The highest BCUT2D eigenvalue weighted by Gasteiger charge is 2.34. The number of carbonyl (C=O) groups is 2. The van der Waals surface area contributed by atoms with E-state index < -0.39 is 34.3 Å². The highest BCUT2D eigenvalue weighted by molar-refractivity contribution is 7.92. The molecule has 1 aliphatic carbocycles. The number of amides is 2. The van der Waals surface area contributed by atoms with Gasteiger partial charge in [-0.05, 0) is 74.7 Å². The van der Waals surface area contributed by atoms with Gasteiger partial charge in [-0.15, -0.1) is 0 Å². The van der Waals surface area contributed by atoms with Gasteiger partial charge < -0.3 is 10.2 Å². The van der Waals surface area contributed by atoms with Crippen molar-refractivity contribution in [1.29, 1.82) is 0 Å². The number of nitrogens with zero attached hydrogens (tertiary/aromatic N) is 2. The molecule has 0 heterocycles. The van der Waals surface area contributed by atoms with E-state index in [1.807, 2.05) is 6.92 Å². The summed E-state index contributed by atoms with van der Waals surface area (Å²) in [6.45, 7) is 2.74. The number of rotatable bonds is 10. The summed E-state index contributed by atoms with van der Waals surface area (Å²) < 4.78 is 42.5. The first-order chi connectivity index (χ1) is 20.0. The van der Waals surface area contributed by atoms with Crippen molar-refractivity contribution < 1.29 is 22.4 Å². The van der Waals surface area contributed by atoms with Gasteiger partial charge >= 0.3 is 0 Å². The summed E-state index contributed by atoms with van der Waals surface area (Å²) in [5.41, 5.74) is 1.47. The minimum absolute atomic E-state index is 0.0140. The van der Waals surface area contributed by atoms with Crippen LogP contribution in [0.15, 0.2) is 71.6 Å². The third-order valence-corrected chi connectivity index (χ3v) is 9.78. The van der Waals surface area contributed by atoms with Crippen LogP contribution in [0.1, 0.15) is 50.2 Å². The van der Waals surface area contributed by atoms with E-state index in [1.165, 1.54) is 59.5 Å². The first-order valence-corrected chi connectivity index (χ1v) is 16.0. The van der Waals surface area contributed by atoms with Gasteiger partial charge in [0.1, 0.15) is 18.4 Å². The van der Waals surface area contributed by atoms with Crippen LogP contribution in [0.5, 0.6) is 0 Å². The monoisotopic (exact) mass is 633 g/mol. The van der Waals surface area contributed by atoms with E-state index in [9.17, 15) is 22.4 Å². The van der Waals surface area contributed by atoms with Crippen molar-refractivity contribution in [3.63, 3.8) is 0 Å². The molecular weight excluding hydrogens is 600 g/mol. The Balaban J connectivity index is 1.70. The second-order valence-corrected chi connectivity index (χ2v) is 13.3. The molecule has 1 aliphatic rings. The zero-order valence-electron chi connectivity index (χ0n) is 23.5. The Hall–Kier alpha value is -3.14. The van der Waals surface area contributed by atoms with Gasteiger partial charge in [-0.3, -0.25) is 13.9 Å². The molecule has 42 heavy (non-hydrogen) atoms. The Bertz CT molecular complexity index is 1510. The maximum absolute atomic E-state index is 14.1. The van der Waals surface area contributed by atoms with Crippen LogP contribution >= 0.6 is 23.2 Å². The SMILES string of the molecule is Cc1ccc(S(=O)(=O)N(CC(=O)N(Cc2ccc(F)cc2)[C@@H](C)C(=O)NC2CCCCC2)c2cc(Cl)ccc2Cl)cc1. The minimum Gasteiger partial charge on any atom is -0.352 e. The molecule has 7 nitrogen and oxygen atoms in total. The van der Waals surface area contributed by atoms with Crippen molar-refractivity contribution in [2.24, 2.45) is 0 Å². The summed E-state index contributed by atoms with van der Waals surface area (Å²) in [7, 11) is -4.29. The standard InChI is InChI=1S/C31H34Cl2FN3O4S/c1-21-8-15-27(16-9-21)42(40,41)37(29-18-24(32)12-17-28(29)33)20-30(38)36(19-23-10-13-25(34)14-11-23)22(2)31(39)35-26-6-4-3-5-7-26/h8-18,22,26H,3-7,19-20H2,1-2H3,(H,35,39)/t22-/m0/s1. The molecule has 1 N–H and O–H groups in total. The average Bonchev–Trinajstić information content (AvgIpc) is 2.97. The van der Waals surface area contributed by atoms with Gasteiger partial charge in [0.05, 0.1) is 15.6 Å². The fourth-order valence-corrected chi connectivity index (χ4v) is 6.83. The van der Waals surface area contributed by atoms with Crippen molar-refractivity contribution >= 4 is 50.7 Å². The minimum atomic E-state index is -4.29. The number of hydrogen-bond donors (Lipinski definition) is 1. The molecule has 4 rings (SSSR count). The molecule has 0 radical (unpaired) electrons. The smallest absolute Gasteiger partial charge is 0.264 e. The van der Waals surface area contributed by atoms with Crippen molar-refractivity contribution in [1.82, 2.24) is 10.2 Å².